The molecule has 0 saturated carbocycles. The van der Waals surface area contributed by atoms with Gasteiger partial charge >= 0.3 is 5.97 Å². The molecular weight excluding hydrogens is 280 g/mol. The van der Waals surface area contributed by atoms with Gasteiger partial charge in [-0.15, -0.1) is 11.3 Å². The highest BCUT2D eigenvalue weighted by Crippen LogP contribution is 2.30. The van der Waals surface area contributed by atoms with Crippen LogP contribution in [0.4, 0.5) is 5.13 Å². The Kier molecular flexibility index (Phi) is 3.66. The second-order valence-corrected chi connectivity index (χ2v) is 5.72. The molecule has 0 spiro atoms. The molecule has 0 saturated heterocycles. The van der Waals surface area contributed by atoms with Crippen LogP contribution in [0, 0.1) is 0 Å². The molecule has 2 heterocycles. The molecule has 0 aliphatic carbocycles. The molecule has 0 unspecified atom stereocenters. The highest BCUT2D eigenvalue weighted by molar-refractivity contribution is 7.18. The number of hydrogen-bond acceptors (Lipinski definition) is 5. The SMILES string of the molecule is CN(Cc1cccs1)c1nc(Cl)c(C(=O)O)s1. The first-order valence-electron chi connectivity index (χ1n) is 4.71. The van der Waals surface area contributed by atoms with Crippen molar-refractivity contribution in [1.82, 2.24) is 4.98 Å². The third-order valence-corrected chi connectivity index (χ3v) is 4.47. The number of nitrogens with zero attached hydrogens (tertiary/aromatic N) is 2. The van der Waals surface area contributed by atoms with Crippen molar-refractivity contribution >= 4 is 45.4 Å². The molecule has 0 aliphatic heterocycles. The van der Waals surface area contributed by atoms with Crippen LogP contribution in [0.3, 0.4) is 0 Å². The number of carbonyl (C=O) groups is 1. The van der Waals surface area contributed by atoms with Crippen LogP contribution >= 0.6 is 34.3 Å². The summed E-state index contributed by atoms with van der Waals surface area (Å²) in [5.74, 6) is -1.04. The monoisotopic (exact) mass is 288 g/mol. The van der Waals surface area contributed by atoms with Crippen LogP contribution in [0.2, 0.25) is 5.15 Å². The molecule has 0 radical (unpaired) electrons. The summed E-state index contributed by atoms with van der Waals surface area (Å²) in [7, 11) is 1.86. The molecule has 17 heavy (non-hydrogen) atoms. The molecule has 0 aliphatic rings. The Hall–Kier alpha value is -1.11. The zero-order chi connectivity index (χ0) is 12.4. The number of thiazole rings is 1. The van der Waals surface area contributed by atoms with E-state index < -0.39 is 5.97 Å². The predicted molar refractivity (Wildman–Crippen MR) is 70.5 cm³/mol. The summed E-state index contributed by atoms with van der Waals surface area (Å²) in [6.07, 6.45) is 0. The van der Waals surface area contributed by atoms with Gasteiger partial charge in [-0.2, -0.15) is 0 Å². The Labute approximate surface area is 111 Å². The number of carboxylic acids is 1. The van der Waals surface area contributed by atoms with Gasteiger partial charge in [0, 0.05) is 11.9 Å². The minimum absolute atomic E-state index is 0.0514. The Morgan fingerprint density at radius 2 is 2.41 bits per heavy atom. The van der Waals surface area contributed by atoms with Gasteiger partial charge in [0.05, 0.1) is 6.54 Å². The molecule has 4 nitrogen and oxygen atoms in total. The van der Waals surface area contributed by atoms with Gasteiger partial charge in [0.2, 0.25) is 0 Å². The fraction of sp³-hybridized carbons (Fsp3) is 0.200. The molecular formula is C10H9ClN2O2S2. The second kappa shape index (κ2) is 5.03. The van der Waals surface area contributed by atoms with Gasteiger partial charge in [-0.25, -0.2) is 9.78 Å². The standard InChI is InChI=1S/C10H9ClN2O2S2/c1-13(5-6-3-2-4-16-6)10-12-8(11)7(17-10)9(14)15/h2-4H,5H2,1H3,(H,14,15). The van der Waals surface area contributed by atoms with Gasteiger partial charge in [0.1, 0.15) is 0 Å². The largest absolute Gasteiger partial charge is 0.477 e. The van der Waals surface area contributed by atoms with E-state index in [4.69, 9.17) is 16.7 Å². The van der Waals surface area contributed by atoms with Gasteiger partial charge in [-0.1, -0.05) is 29.0 Å². The fourth-order valence-electron chi connectivity index (χ4n) is 1.29. The number of anilines is 1. The first kappa shape index (κ1) is 12.3. The van der Waals surface area contributed by atoms with E-state index in [0.717, 1.165) is 11.3 Å². The summed E-state index contributed by atoms with van der Waals surface area (Å²) in [6.45, 7) is 0.695. The number of aromatic nitrogens is 1. The molecule has 2 rings (SSSR count). The van der Waals surface area contributed by atoms with Crippen molar-refractivity contribution in [3.05, 3.63) is 32.4 Å². The Balaban J connectivity index is 2.17. The summed E-state index contributed by atoms with van der Waals surface area (Å²) >= 11 is 8.49. The normalized spacial score (nSPS) is 10.5. The van der Waals surface area contributed by atoms with Crippen molar-refractivity contribution in [2.75, 3.05) is 11.9 Å². The number of rotatable bonds is 4. The van der Waals surface area contributed by atoms with Gasteiger partial charge in [0.15, 0.2) is 15.2 Å². The van der Waals surface area contributed by atoms with E-state index in [9.17, 15) is 4.79 Å². The van der Waals surface area contributed by atoms with Gasteiger partial charge in [0.25, 0.3) is 0 Å². The summed E-state index contributed by atoms with van der Waals surface area (Å²) in [4.78, 5) is 18.0. The Bertz CT molecular complexity index is 524. The number of hydrogen-bond donors (Lipinski definition) is 1. The van der Waals surface area contributed by atoms with Crippen LogP contribution < -0.4 is 4.90 Å². The number of aromatic carboxylic acids is 1. The lowest BCUT2D eigenvalue weighted by Gasteiger charge is -2.13. The van der Waals surface area contributed by atoms with E-state index in [2.05, 4.69) is 4.98 Å². The molecule has 2 aromatic heterocycles. The van der Waals surface area contributed by atoms with E-state index in [-0.39, 0.29) is 10.0 Å². The first-order valence-corrected chi connectivity index (χ1v) is 6.78. The number of carboxylic acid groups (broad SMARTS) is 1. The summed E-state index contributed by atoms with van der Waals surface area (Å²) in [5, 5.41) is 11.6. The molecule has 2 aromatic rings. The highest BCUT2D eigenvalue weighted by Gasteiger charge is 2.17. The van der Waals surface area contributed by atoms with E-state index in [1.807, 2.05) is 29.5 Å². The first-order chi connectivity index (χ1) is 8.08. The van der Waals surface area contributed by atoms with E-state index in [0.29, 0.717) is 11.7 Å². The molecule has 0 aromatic carbocycles. The fourth-order valence-corrected chi connectivity index (χ4v) is 3.13. The van der Waals surface area contributed by atoms with Crippen LogP contribution in [-0.2, 0) is 6.54 Å². The molecule has 0 atom stereocenters. The maximum absolute atomic E-state index is 10.8. The topological polar surface area (TPSA) is 53.4 Å². The van der Waals surface area contributed by atoms with Gasteiger partial charge in [-0.05, 0) is 11.4 Å². The van der Waals surface area contributed by atoms with E-state index in [1.165, 1.54) is 4.88 Å². The molecule has 0 amide bonds. The molecule has 7 heteroatoms. The van der Waals surface area contributed by atoms with Crippen molar-refractivity contribution in [1.29, 1.82) is 0 Å². The Morgan fingerprint density at radius 1 is 1.65 bits per heavy atom. The second-order valence-electron chi connectivity index (χ2n) is 3.36. The lowest BCUT2D eigenvalue weighted by molar-refractivity contribution is 0.0702. The molecule has 90 valence electrons. The van der Waals surface area contributed by atoms with Crippen LogP contribution in [0.1, 0.15) is 14.5 Å². The van der Waals surface area contributed by atoms with Crippen molar-refractivity contribution in [3.63, 3.8) is 0 Å². The third kappa shape index (κ3) is 2.77. The van der Waals surface area contributed by atoms with Gasteiger partial charge in [-0.3, -0.25) is 0 Å². The van der Waals surface area contributed by atoms with Crippen LogP contribution in [0.15, 0.2) is 17.5 Å². The van der Waals surface area contributed by atoms with Crippen molar-refractivity contribution in [2.45, 2.75) is 6.54 Å². The lowest BCUT2D eigenvalue weighted by atomic mass is 10.4. The van der Waals surface area contributed by atoms with Gasteiger partial charge < -0.3 is 10.0 Å². The summed E-state index contributed by atoms with van der Waals surface area (Å²) in [6, 6.07) is 4.00. The van der Waals surface area contributed by atoms with E-state index in [1.54, 1.807) is 11.3 Å². The molecule has 1 N–H and O–H groups in total. The smallest absolute Gasteiger partial charge is 0.349 e. The maximum Gasteiger partial charge on any atom is 0.349 e. The minimum Gasteiger partial charge on any atom is -0.477 e. The maximum atomic E-state index is 10.8. The summed E-state index contributed by atoms with van der Waals surface area (Å²) in [5.41, 5.74) is 0. The average Bonchev–Trinajstić information content (AvgIpc) is 2.86. The average molecular weight is 289 g/mol. The van der Waals surface area contributed by atoms with Crippen molar-refractivity contribution in [3.8, 4) is 0 Å². The quantitative estimate of drug-likeness (QED) is 0.939. The van der Waals surface area contributed by atoms with Crippen LogP contribution in [-0.4, -0.2) is 23.1 Å². The predicted octanol–water partition coefficient (Wildman–Crippen LogP) is 3.19. The van der Waals surface area contributed by atoms with Crippen molar-refractivity contribution < 1.29 is 9.90 Å². The number of halogens is 1. The number of thiophene rings is 1. The van der Waals surface area contributed by atoms with E-state index >= 15 is 0 Å². The highest BCUT2D eigenvalue weighted by atomic mass is 35.5. The van der Waals surface area contributed by atoms with Crippen LogP contribution in [0.5, 0.6) is 0 Å². The van der Waals surface area contributed by atoms with Crippen LogP contribution in [0.25, 0.3) is 0 Å². The molecule has 0 fully saturated rings. The summed E-state index contributed by atoms with van der Waals surface area (Å²) < 4.78 is 0. The zero-order valence-corrected chi connectivity index (χ0v) is 11.3. The molecule has 0 bridgehead atoms. The zero-order valence-electron chi connectivity index (χ0n) is 8.88. The van der Waals surface area contributed by atoms with Crippen molar-refractivity contribution in [2.24, 2.45) is 0 Å². The lowest BCUT2D eigenvalue weighted by Crippen LogP contribution is -2.15. The third-order valence-electron chi connectivity index (χ3n) is 2.07. The minimum atomic E-state index is -1.04. The Morgan fingerprint density at radius 3 is 2.94 bits per heavy atom.